The van der Waals surface area contributed by atoms with Gasteiger partial charge in [0.1, 0.15) is 0 Å². The van der Waals surface area contributed by atoms with Gasteiger partial charge in [-0.25, -0.2) is 4.79 Å². The van der Waals surface area contributed by atoms with E-state index in [0.29, 0.717) is 29.3 Å². The predicted molar refractivity (Wildman–Crippen MR) is 136 cm³/mol. The molecular formula is C30H51NO3. The highest BCUT2D eigenvalue weighted by Crippen LogP contribution is 2.69. The van der Waals surface area contributed by atoms with Crippen LogP contribution in [0.2, 0.25) is 0 Å². The summed E-state index contributed by atoms with van der Waals surface area (Å²) >= 11 is 0. The van der Waals surface area contributed by atoms with Gasteiger partial charge in [0.25, 0.3) is 0 Å². The van der Waals surface area contributed by atoms with Crippen molar-refractivity contribution in [3.05, 3.63) is 0 Å². The fraction of sp³-hybridized carbons (Fsp3) is 0.967. The second-order valence-corrected chi connectivity index (χ2v) is 13.7. The number of ether oxygens (including phenoxy) is 1. The average Bonchev–Trinajstić information content (AvgIpc) is 3.20. The number of fused-ring (bicyclic) bond motifs is 5. The van der Waals surface area contributed by atoms with Crippen LogP contribution < -0.4 is 0 Å². The van der Waals surface area contributed by atoms with Crippen LogP contribution in [0.5, 0.6) is 0 Å². The van der Waals surface area contributed by atoms with Gasteiger partial charge in [-0.15, -0.1) is 0 Å². The standard InChI is InChI=1S/C30H51NO3/c1-5-21-17-23-25-10-9-24(20(2)19-34-28(33)31-15-7-6-8-16-31)29(25,3)14-12-26(23)30(4)13-11-22(32)18-27(21)30/h20-27,32H,5-19H2,1-4H3/t20-,21+,22-,23+,24?,25+,26+,27+,29-,30-/m1/s1. The lowest BCUT2D eigenvalue weighted by atomic mass is 9.42. The number of hydrogen-bond acceptors (Lipinski definition) is 3. The maximum absolute atomic E-state index is 12.6. The predicted octanol–water partition coefficient (Wildman–Crippen LogP) is 6.90. The van der Waals surface area contributed by atoms with Crippen LogP contribution in [0.1, 0.15) is 105 Å². The molecule has 1 aliphatic heterocycles. The first-order valence-electron chi connectivity index (χ1n) is 14.9. The van der Waals surface area contributed by atoms with Crippen molar-refractivity contribution in [3.8, 4) is 0 Å². The zero-order chi connectivity index (χ0) is 24.1. The molecule has 1 heterocycles. The summed E-state index contributed by atoms with van der Waals surface area (Å²) in [6.45, 7) is 12.3. The van der Waals surface area contributed by atoms with E-state index in [0.717, 1.165) is 68.4 Å². The van der Waals surface area contributed by atoms with Gasteiger partial charge in [0.2, 0.25) is 0 Å². The van der Waals surface area contributed by atoms with Crippen molar-refractivity contribution >= 4 is 6.09 Å². The van der Waals surface area contributed by atoms with Crippen LogP contribution in [0.25, 0.3) is 0 Å². The number of carbonyl (C=O) groups is 1. The average molecular weight is 474 g/mol. The van der Waals surface area contributed by atoms with E-state index >= 15 is 0 Å². The van der Waals surface area contributed by atoms with Crippen molar-refractivity contribution in [1.82, 2.24) is 4.90 Å². The smallest absolute Gasteiger partial charge is 0.409 e. The molecule has 4 saturated carbocycles. The lowest BCUT2D eigenvalue weighted by Gasteiger charge is -2.63. The molecule has 0 aromatic carbocycles. The Morgan fingerprint density at radius 1 is 0.971 bits per heavy atom. The molecule has 194 valence electrons. The Morgan fingerprint density at radius 2 is 1.68 bits per heavy atom. The van der Waals surface area contributed by atoms with Crippen LogP contribution in [0, 0.1) is 52.3 Å². The normalized spacial score (nSPS) is 47.3. The molecule has 5 rings (SSSR count). The molecule has 5 fully saturated rings. The van der Waals surface area contributed by atoms with Gasteiger partial charge in [-0.05, 0) is 123 Å². The highest BCUT2D eigenvalue weighted by atomic mass is 16.6. The lowest BCUT2D eigenvalue weighted by molar-refractivity contribution is -0.153. The van der Waals surface area contributed by atoms with E-state index < -0.39 is 0 Å². The van der Waals surface area contributed by atoms with E-state index in [1.807, 2.05) is 4.90 Å². The minimum atomic E-state index is -0.0773. The number of amides is 1. The van der Waals surface area contributed by atoms with Crippen molar-refractivity contribution in [1.29, 1.82) is 0 Å². The minimum absolute atomic E-state index is 0.0677. The molecule has 0 aromatic heterocycles. The van der Waals surface area contributed by atoms with Crippen molar-refractivity contribution in [2.75, 3.05) is 19.7 Å². The molecule has 4 aliphatic carbocycles. The van der Waals surface area contributed by atoms with Crippen molar-refractivity contribution in [2.45, 2.75) is 111 Å². The van der Waals surface area contributed by atoms with E-state index in [9.17, 15) is 9.90 Å². The van der Waals surface area contributed by atoms with Gasteiger partial charge in [0.05, 0.1) is 12.7 Å². The molecule has 4 heteroatoms. The first kappa shape index (κ1) is 24.9. The summed E-state index contributed by atoms with van der Waals surface area (Å²) in [7, 11) is 0. The molecule has 1 N–H and O–H groups in total. The second-order valence-electron chi connectivity index (χ2n) is 13.7. The molecule has 4 nitrogen and oxygen atoms in total. The van der Waals surface area contributed by atoms with Crippen molar-refractivity contribution in [2.24, 2.45) is 52.3 Å². The fourth-order valence-corrected chi connectivity index (χ4v) is 10.4. The molecule has 1 unspecified atom stereocenters. The number of aliphatic hydroxyl groups excluding tert-OH is 1. The molecule has 10 atom stereocenters. The number of rotatable bonds is 4. The Balaban J connectivity index is 1.27. The Bertz CT molecular complexity index is 735. The summed E-state index contributed by atoms with van der Waals surface area (Å²) in [6.07, 6.45) is 14.7. The van der Waals surface area contributed by atoms with Gasteiger partial charge in [-0.3, -0.25) is 0 Å². The molecule has 1 saturated heterocycles. The third-order valence-electron chi connectivity index (χ3n) is 12.2. The van der Waals surface area contributed by atoms with E-state index in [4.69, 9.17) is 4.74 Å². The molecule has 0 aromatic rings. The highest BCUT2D eigenvalue weighted by Gasteiger charge is 2.62. The molecule has 0 radical (unpaired) electrons. The maximum Gasteiger partial charge on any atom is 0.409 e. The summed E-state index contributed by atoms with van der Waals surface area (Å²) < 4.78 is 5.88. The van der Waals surface area contributed by atoms with Crippen LogP contribution in [0.15, 0.2) is 0 Å². The first-order chi connectivity index (χ1) is 16.3. The Hall–Kier alpha value is -0.770. The third-order valence-corrected chi connectivity index (χ3v) is 12.2. The number of piperidine rings is 1. The zero-order valence-electron chi connectivity index (χ0n) is 22.4. The van der Waals surface area contributed by atoms with Gasteiger partial charge >= 0.3 is 6.09 Å². The van der Waals surface area contributed by atoms with Crippen molar-refractivity contribution in [3.63, 3.8) is 0 Å². The number of nitrogens with zero attached hydrogens (tertiary/aromatic N) is 1. The van der Waals surface area contributed by atoms with Gasteiger partial charge in [0, 0.05) is 13.1 Å². The van der Waals surface area contributed by atoms with Crippen molar-refractivity contribution < 1.29 is 14.6 Å². The van der Waals surface area contributed by atoms with Gasteiger partial charge in [0.15, 0.2) is 0 Å². The maximum atomic E-state index is 12.6. The summed E-state index contributed by atoms with van der Waals surface area (Å²) in [5.41, 5.74) is 0.825. The van der Waals surface area contributed by atoms with E-state index in [2.05, 4.69) is 27.7 Å². The topological polar surface area (TPSA) is 49.8 Å². The molecule has 34 heavy (non-hydrogen) atoms. The molecule has 1 amide bonds. The molecule has 0 bridgehead atoms. The van der Waals surface area contributed by atoms with Crippen LogP contribution in [0.4, 0.5) is 4.79 Å². The monoisotopic (exact) mass is 473 g/mol. The number of aliphatic hydroxyl groups is 1. The summed E-state index contributed by atoms with van der Waals surface area (Å²) in [5, 5.41) is 10.5. The Labute approximate surface area is 208 Å². The van der Waals surface area contributed by atoms with E-state index in [1.165, 1.54) is 51.4 Å². The fourth-order valence-electron chi connectivity index (χ4n) is 10.4. The first-order valence-corrected chi connectivity index (χ1v) is 14.9. The SMILES string of the molecule is CC[C@H]1C[C@@H]2[C@H](CC[C@]3(C)C([C@H](C)COC(=O)N4CCCCC4)CC[C@@H]23)[C@@]2(C)CC[C@@H](O)C[C@@H]12. The van der Waals surface area contributed by atoms with E-state index in [1.54, 1.807) is 0 Å². The van der Waals surface area contributed by atoms with E-state index in [-0.39, 0.29) is 12.2 Å². The third kappa shape index (κ3) is 4.12. The van der Waals surface area contributed by atoms with Gasteiger partial charge in [-0.1, -0.05) is 34.1 Å². The number of likely N-dealkylation sites (tertiary alicyclic amines) is 1. The quantitative estimate of drug-likeness (QED) is 0.483. The summed E-state index contributed by atoms with van der Waals surface area (Å²) in [4.78, 5) is 14.5. The molecule has 5 aliphatic rings. The van der Waals surface area contributed by atoms with Crippen LogP contribution in [0.3, 0.4) is 0 Å². The van der Waals surface area contributed by atoms with Gasteiger partial charge in [-0.2, -0.15) is 0 Å². The summed E-state index contributed by atoms with van der Waals surface area (Å²) in [5.74, 6) is 5.15. The Kier molecular flexibility index (Phi) is 7.03. The van der Waals surface area contributed by atoms with Crippen LogP contribution in [-0.4, -0.2) is 41.9 Å². The summed E-state index contributed by atoms with van der Waals surface area (Å²) in [6, 6.07) is 0. The number of hydrogen-bond donors (Lipinski definition) is 1. The Morgan fingerprint density at radius 3 is 2.41 bits per heavy atom. The zero-order valence-corrected chi connectivity index (χ0v) is 22.4. The minimum Gasteiger partial charge on any atom is -0.449 e. The second kappa shape index (κ2) is 9.60. The largest absolute Gasteiger partial charge is 0.449 e. The van der Waals surface area contributed by atoms with Gasteiger partial charge < -0.3 is 14.7 Å². The van der Waals surface area contributed by atoms with Crippen LogP contribution in [-0.2, 0) is 4.74 Å². The highest BCUT2D eigenvalue weighted by molar-refractivity contribution is 5.67. The molecule has 0 spiro atoms. The molecular weight excluding hydrogens is 422 g/mol. The van der Waals surface area contributed by atoms with Crippen LogP contribution >= 0.6 is 0 Å². The lowest BCUT2D eigenvalue weighted by Crippen LogP contribution is -2.56. The number of carbonyl (C=O) groups excluding carboxylic acids is 1.